The van der Waals surface area contributed by atoms with E-state index in [-0.39, 0.29) is 46.9 Å². The van der Waals surface area contributed by atoms with Crippen molar-refractivity contribution >= 4 is 58.9 Å². The average Bonchev–Trinajstić information content (AvgIpc) is 2.14. The number of carboxylic acid groups (broad SMARTS) is 1. The van der Waals surface area contributed by atoms with Crippen LogP contribution in [-0.4, -0.2) is 34.5 Å². The summed E-state index contributed by atoms with van der Waals surface area (Å²) >= 11 is 10.2. The second-order valence-corrected chi connectivity index (χ2v) is 0.995. The minimum absolute atomic E-state index is 0. The molecule has 0 aliphatic heterocycles. The summed E-state index contributed by atoms with van der Waals surface area (Å²) < 4.78 is 23.2. The summed E-state index contributed by atoms with van der Waals surface area (Å²) in [5.41, 5.74) is 0. The van der Waals surface area contributed by atoms with E-state index in [0.717, 1.165) is 6.92 Å². The van der Waals surface area contributed by atoms with E-state index in [9.17, 15) is 9.90 Å². The Bertz CT molecular complexity index is 79.3. The Morgan fingerprint density at radius 1 is 1.14 bits per heavy atom. The quantitative estimate of drug-likeness (QED) is 0.478. The largest absolute Gasteiger partial charge is 3.00 e. The number of carbonyl (C=O) groups is 1. The Morgan fingerprint density at radius 2 is 1.21 bits per heavy atom. The molecule has 0 aromatic heterocycles. The summed E-state index contributed by atoms with van der Waals surface area (Å²) in [5, 5.41) is 17.3. The summed E-state index contributed by atoms with van der Waals surface area (Å²) in [6, 6.07) is 0. The number of hydrogen-bond acceptors (Lipinski definition) is 6. The first-order valence-corrected chi connectivity index (χ1v) is 2.92. The molecule has 0 radical (unpaired) electrons. The fourth-order valence-corrected chi connectivity index (χ4v) is 0. The predicted molar refractivity (Wildman–Crippen MR) is 40.0 cm³/mol. The van der Waals surface area contributed by atoms with Crippen LogP contribution in [0.15, 0.2) is 0 Å². The molecule has 1 unspecified atom stereocenters. The van der Waals surface area contributed by atoms with E-state index in [1.165, 1.54) is 0 Å². The van der Waals surface area contributed by atoms with Crippen molar-refractivity contribution in [1.82, 2.24) is 0 Å². The molecule has 0 spiro atoms. The topological polar surface area (TPSA) is 130 Å². The van der Waals surface area contributed by atoms with E-state index in [4.69, 9.17) is 19.1 Å². The van der Waals surface area contributed by atoms with E-state index >= 15 is 0 Å². The van der Waals surface area contributed by atoms with Crippen LogP contribution in [0.1, 0.15) is 6.92 Å². The van der Waals surface area contributed by atoms with Crippen molar-refractivity contribution < 1.29 is 58.5 Å². The molecule has 6 nitrogen and oxygen atoms in total. The van der Waals surface area contributed by atoms with E-state index in [1.807, 2.05) is 0 Å². The number of carboxylic acids is 1. The minimum atomic E-state index is -1.44. The van der Waals surface area contributed by atoms with Gasteiger partial charge in [0.15, 0.2) is 0 Å². The molecule has 0 bridgehead atoms. The molecule has 78 valence electrons. The van der Waals surface area contributed by atoms with Gasteiger partial charge >= 0.3 is 46.9 Å². The van der Waals surface area contributed by atoms with Crippen LogP contribution in [0.3, 0.4) is 0 Å². The van der Waals surface area contributed by atoms with Crippen molar-refractivity contribution in [2.75, 3.05) is 0 Å². The zero-order chi connectivity index (χ0) is 11.2. The Kier molecular flexibility index (Phi) is 120. The maximum atomic E-state index is 9.34. The molecule has 0 rings (SSSR count). The molecule has 0 aliphatic rings. The molecule has 14 heavy (non-hydrogen) atoms. The SMILES string of the molecule is CC(O)C(=O)[O-].[Al+3].[Na+].[O-]Cl.[O-]Cl.[O-]Cl. The van der Waals surface area contributed by atoms with E-state index in [1.54, 1.807) is 0 Å². The molecule has 0 saturated carbocycles. The molecule has 11 heteroatoms. The fraction of sp³-hybridized carbons (Fsp3) is 0.667. The zero-order valence-electron chi connectivity index (χ0n) is 7.28. The fourth-order valence-electron chi connectivity index (χ4n) is 0. The number of aliphatic carboxylic acids is 1. The molecule has 1 atom stereocenters. The Labute approximate surface area is 129 Å². The number of rotatable bonds is 1. The van der Waals surface area contributed by atoms with Crippen LogP contribution in [-0.2, 0) is 4.79 Å². The summed E-state index contributed by atoms with van der Waals surface area (Å²) in [4.78, 5) is 9.34. The van der Waals surface area contributed by atoms with Crippen LogP contribution >= 0.6 is 35.6 Å². The molecule has 0 amide bonds. The Hall–Kier alpha value is 1.71. The van der Waals surface area contributed by atoms with Crippen LogP contribution in [0.2, 0.25) is 0 Å². The van der Waals surface area contributed by atoms with Crippen molar-refractivity contribution in [2.24, 2.45) is 0 Å². The van der Waals surface area contributed by atoms with E-state index in [2.05, 4.69) is 35.6 Å². The van der Waals surface area contributed by atoms with Gasteiger partial charge in [0.2, 0.25) is 0 Å². The molecule has 0 aliphatic carbocycles. The summed E-state index contributed by atoms with van der Waals surface area (Å²) in [5.74, 6) is -1.44. The van der Waals surface area contributed by atoms with Gasteiger partial charge in [0.25, 0.3) is 0 Å². The van der Waals surface area contributed by atoms with Crippen molar-refractivity contribution in [2.45, 2.75) is 13.0 Å². The summed E-state index contributed by atoms with van der Waals surface area (Å²) in [7, 11) is 0. The monoisotopic (exact) mass is 292 g/mol. The Morgan fingerprint density at radius 3 is 1.21 bits per heavy atom. The van der Waals surface area contributed by atoms with Gasteiger partial charge in [0, 0.05) is 0 Å². The van der Waals surface area contributed by atoms with Gasteiger partial charge < -0.3 is 29.0 Å². The molecule has 0 aromatic carbocycles. The molecule has 1 N–H and O–H groups in total. The van der Waals surface area contributed by atoms with E-state index in [0.29, 0.717) is 0 Å². The zero-order valence-corrected chi connectivity index (χ0v) is 12.7. The second-order valence-electron chi connectivity index (χ2n) is 0.995. The average molecular weight is 293 g/mol. The first-order chi connectivity index (χ1) is 5.64. The van der Waals surface area contributed by atoms with Crippen molar-refractivity contribution in [3.63, 3.8) is 0 Å². The van der Waals surface area contributed by atoms with Gasteiger partial charge in [-0.05, 0) is 6.92 Å². The molecular weight excluding hydrogens is 288 g/mol. The summed E-state index contributed by atoms with van der Waals surface area (Å²) in [6.07, 6.45) is -1.34. The van der Waals surface area contributed by atoms with Gasteiger partial charge in [-0.15, -0.1) is 0 Å². The number of halogens is 3. The van der Waals surface area contributed by atoms with Gasteiger partial charge in [-0.1, -0.05) is 0 Å². The number of hydrogen-bond donors (Lipinski definition) is 1. The van der Waals surface area contributed by atoms with Gasteiger partial charge in [0.05, 0.1) is 12.1 Å². The first kappa shape index (κ1) is 36.1. The molecule has 0 saturated heterocycles. The number of aliphatic hydroxyl groups excluding tert-OH is 1. The standard InChI is InChI=1S/C3H6O3.Al.3ClO.Na/c1-2(4)3(5)6;;3*1-2;/h2,4H,1H3,(H,5,6);;;;;/q;+3;3*-1;+1/p-1. The van der Waals surface area contributed by atoms with Gasteiger partial charge in [-0.3, -0.25) is 0 Å². The van der Waals surface area contributed by atoms with Crippen molar-refractivity contribution in [3.8, 4) is 0 Å². The van der Waals surface area contributed by atoms with Crippen LogP contribution in [0, 0.1) is 0 Å². The Balaban J connectivity index is -0.0000000175. The summed E-state index contributed by atoms with van der Waals surface area (Å²) in [6.45, 7) is 1.13. The van der Waals surface area contributed by atoms with E-state index < -0.39 is 12.1 Å². The third kappa shape index (κ3) is 67.9. The van der Waals surface area contributed by atoms with Crippen molar-refractivity contribution in [3.05, 3.63) is 0 Å². The predicted octanol–water partition coefficient (Wildman–Crippen LogP) is -6.76. The molecule has 0 aromatic rings. The van der Waals surface area contributed by atoms with Crippen LogP contribution in [0.25, 0.3) is 0 Å². The van der Waals surface area contributed by atoms with Crippen molar-refractivity contribution in [1.29, 1.82) is 0 Å². The smallest absolute Gasteiger partial charge is 0.769 e. The third-order valence-electron chi connectivity index (χ3n) is 0.341. The van der Waals surface area contributed by atoms with Crippen LogP contribution in [0.5, 0.6) is 0 Å². The molecular formula is C3H5AlCl3NaO6. The molecule has 0 heterocycles. The van der Waals surface area contributed by atoms with Crippen LogP contribution in [0.4, 0.5) is 0 Å². The minimum Gasteiger partial charge on any atom is -0.769 e. The number of aliphatic hydroxyl groups is 1. The third-order valence-corrected chi connectivity index (χ3v) is 0.341. The normalized spacial score (nSPS) is 7.14. The van der Waals surface area contributed by atoms with Gasteiger partial charge in [0.1, 0.15) is 0 Å². The molecule has 0 fully saturated rings. The maximum Gasteiger partial charge on any atom is 3.00 e. The first-order valence-electron chi connectivity index (χ1n) is 2.00. The maximum absolute atomic E-state index is 9.34. The van der Waals surface area contributed by atoms with Crippen LogP contribution < -0.4 is 48.6 Å². The number of carbonyl (C=O) groups excluding carboxylic acids is 1. The van der Waals surface area contributed by atoms with Gasteiger partial charge in [-0.2, -0.15) is 0 Å². The second kappa shape index (κ2) is 46.5. The van der Waals surface area contributed by atoms with Gasteiger partial charge in [-0.25, -0.2) is 35.6 Å².